The fourth-order valence-electron chi connectivity index (χ4n) is 2.67. The van der Waals surface area contributed by atoms with Crippen molar-refractivity contribution in [2.24, 2.45) is 5.92 Å². The van der Waals surface area contributed by atoms with Gasteiger partial charge in [-0.05, 0) is 63.1 Å². The number of halogens is 1. The minimum Gasteiger partial charge on any atom is -0.506 e. The van der Waals surface area contributed by atoms with Gasteiger partial charge in [0, 0.05) is 6.42 Å². The number of phenolic OH excluding ortho intramolecular Hbond substituents is 1. The molecule has 0 heterocycles. The first-order valence-corrected chi connectivity index (χ1v) is 7.35. The van der Waals surface area contributed by atoms with Crippen molar-refractivity contribution in [3.63, 3.8) is 0 Å². The van der Waals surface area contributed by atoms with E-state index >= 15 is 0 Å². The smallest absolute Gasteiger partial charge is 0.306 e. The minimum atomic E-state index is -0.432. The highest BCUT2D eigenvalue weighted by Gasteiger charge is 2.25. The van der Waals surface area contributed by atoms with Gasteiger partial charge in [0.05, 0.1) is 5.02 Å². The standard InChI is InChI=1S/C16H21ClO3/c1-16(2,3)20-14(19)9-10-4-6-12-11(8-10)5-7-13(18)15(12)17/h5,7,10,18H,4,6,8-9H2,1-3H3. The summed E-state index contributed by atoms with van der Waals surface area (Å²) in [6, 6.07) is 3.52. The first-order valence-electron chi connectivity index (χ1n) is 6.97. The summed E-state index contributed by atoms with van der Waals surface area (Å²) in [5.41, 5.74) is 1.72. The number of hydrogen-bond donors (Lipinski definition) is 1. The van der Waals surface area contributed by atoms with E-state index in [-0.39, 0.29) is 17.6 Å². The molecule has 1 aliphatic carbocycles. The maximum Gasteiger partial charge on any atom is 0.306 e. The van der Waals surface area contributed by atoms with Crippen molar-refractivity contribution in [2.45, 2.75) is 52.1 Å². The third-order valence-electron chi connectivity index (χ3n) is 3.51. The van der Waals surface area contributed by atoms with Gasteiger partial charge in [-0.15, -0.1) is 0 Å². The van der Waals surface area contributed by atoms with E-state index < -0.39 is 5.60 Å². The zero-order valence-corrected chi connectivity index (χ0v) is 13.0. The van der Waals surface area contributed by atoms with Gasteiger partial charge in [0.25, 0.3) is 0 Å². The Bertz CT molecular complexity index is 517. The predicted octanol–water partition coefficient (Wildman–Crippen LogP) is 3.88. The molecule has 1 aromatic carbocycles. The van der Waals surface area contributed by atoms with Crippen molar-refractivity contribution < 1.29 is 14.6 Å². The molecule has 1 unspecified atom stereocenters. The number of hydrogen-bond acceptors (Lipinski definition) is 3. The van der Waals surface area contributed by atoms with Crippen LogP contribution in [0.5, 0.6) is 5.75 Å². The second-order valence-corrected chi connectivity index (χ2v) is 6.81. The number of ether oxygens (including phenoxy) is 1. The third kappa shape index (κ3) is 3.66. The maximum atomic E-state index is 11.9. The zero-order valence-electron chi connectivity index (χ0n) is 12.2. The fraction of sp³-hybridized carbons (Fsp3) is 0.562. The largest absolute Gasteiger partial charge is 0.506 e. The summed E-state index contributed by atoms with van der Waals surface area (Å²) in [5, 5.41) is 10.1. The number of carbonyl (C=O) groups is 1. The Morgan fingerprint density at radius 1 is 1.45 bits per heavy atom. The molecule has 1 N–H and O–H groups in total. The van der Waals surface area contributed by atoms with Crippen LogP contribution in [-0.2, 0) is 22.4 Å². The SMILES string of the molecule is CC(C)(C)OC(=O)CC1CCc2c(ccc(O)c2Cl)C1. The van der Waals surface area contributed by atoms with Crippen LogP contribution in [0, 0.1) is 5.92 Å². The van der Waals surface area contributed by atoms with Crippen LogP contribution >= 0.6 is 11.6 Å². The van der Waals surface area contributed by atoms with Crippen LogP contribution < -0.4 is 0 Å². The lowest BCUT2D eigenvalue weighted by Gasteiger charge is -2.26. The number of phenols is 1. The molecule has 110 valence electrons. The van der Waals surface area contributed by atoms with Crippen molar-refractivity contribution in [1.29, 1.82) is 0 Å². The number of fused-ring (bicyclic) bond motifs is 1. The summed E-state index contributed by atoms with van der Waals surface area (Å²) >= 11 is 6.11. The van der Waals surface area contributed by atoms with Gasteiger partial charge < -0.3 is 9.84 Å². The number of rotatable bonds is 2. The monoisotopic (exact) mass is 296 g/mol. The Balaban J connectivity index is 2.02. The first-order chi connectivity index (χ1) is 9.26. The fourth-order valence-corrected chi connectivity index (χ4v) is 2.94. The second kappa shape index (κ2) is 5.65. The van der Waals surface area contributed by atoms with E-state index in [1.807, 2.05) is 26.8 Å². The van der Waals surface area contributed by atoms with Gasteiger partial charge in [-0.2, -0.15) is 0 Å². The van der Waals surface area contributed by atoms with Gasteiger partial charge in [-0.25, -0.2) is 0 Å². The van der Waals surface area contributed by atoms with Gasteiger partial charge in [0.2, 0.25) is 0 Å². The van der Waals surface area contributed by atoms with Crippen LogP contribution in [0.15, 0.2) is 12.1 Å². The average molecular weight is 297 g/mol. The highest BCUT2D eigenvalue weighted by Crippen LogP contribution is 2.36. The average Bonchev–Trinajstić information content (AvgIpc) is 2.31. The minimum absolute atomic E-state index is 0.135. The molecule has 0 spiro atoms. The normalized spacial score (nSPS) is 18.5. The molecule has 3 nitrogen and oxygen atoms in total. The topological polar surface area (TPSA) is 46.5 Å². The molecule has 1 aromatic rings. The Morgan fingerprint density at radius 2 is 2.15 bits per heavy atom. The number of esters is 1. The molecule has 0 aliphatic heterocycles. The van der Waals surface area contributed by atoms with Crippen LogP contribution in [0.2, 0.25) is 5.02 Å². The molecule has 0 saturated carbocycles. The van der Waals surface area contributed by atoms with Gasteiger partial charge in [-0.1, -0.05) is 17.7 Å². The lowest BCUT2D eigenvalue weighted by atomic mass is 9.82. The van der Waals surface area contributed by atoms with Crippen molar-refractivity contribution in [1.82, 2.24) is 0 Å². The van der Waals surface area contributed by atoms with Gasteiger partial charge >= 0.3 is 5.97 Å². The summed E-state index contributed by atoms with van der Waals surface area (Å²) in [5.74, 6) is 0.282. The summed E-state index contributed by atoms with van der Waals surface area (Å²) < 4.78 is 5.37. The van der Waals surface area contributed by atoms with Crippen molar-refractivity contribution in [2.75, 3.05) is 0 Å². The molecule has 0 radical (unpaired) electrons. The van der Waals surface area contributed by atoms with Crippen LogP contribution in [0.4, 0.5) is 0 Å². The van der Waals surface area contributed by atoms with Crippen molar-refractivity contribution in [3.8, 4) is 5.75 Å². The van der Waals surface area contributed by atoms with Crippen LogP contribution in [-0.4, -0.2) is 16.7 Å². The molecule has 0 fully saturated rings. The summed E-state index contributed by atoms with van der Waals surface area (Å²) in [6.07, 6.45) is 2.95. The van der Waals surface area contributed by atoms with E-state index in [9.17, 15) is 9.90 Å². The van der Waals surface area contributed by atoms with Crippen LogP contribution in [0.1, 0.15) is 44.7 Å². The van der Waals surface area contributed by atoms with E-state index in [1.54, 1.807) is 6.07 Å². The first kappa shape index (κ1) is 15.2. The van der Waals surface area contributed by atoms with E-state index in [1.165, 1.54) is 0 Å². The highest BCUT2D eigenvalue weighted by atomic mass is 35.5. The molecule has 1 aliphatic rings. The lowest BCUT2D eigenvalue weighted by molar-refractivity contribution is -0.156. The summed E-state index contributed by atoms with van der Waals surface area (Å²) in [7, 11) is 0. The van der Waals surface area contributed by atoms with E-state index in [0.717, 1.165) is 30.4 Å². The Hall–Kier alpha value is -1.22. The third-order valence-corrected chi connectivity index (χ3v) is 3.93. The molecule has 20 heavy (non-hydrogen) atoms. The molecular formula is C16H21ClO3. The molecule has 2 rings (SSSR count). The molecule has 0 amide bonds. The van der Waals surface area contributed by atoms with E-state index in [4.69, 9.17) is 16.3 Å². The molecule has 0 bridgehead atoms. The Labute approximate surface area is 124 Å². The summed E-state index contributed by atoms with van der Waals surface area (Å²) in [4.78, 5) is 11.9. The maximum absolute atomic E-state index is 11.9. The zero-order chi connectivity index (χ0) is 14.9. The van der Waals surface area contributed by atoms with Crippen molar-refractivity contribution in [3.05, 3.63) is 28.3 Å². The predicted molar refractivity (Wildman–Crippen MR) is 79.1 cm³/mol. The molecule has 4 heteroatoms. The molecule has 0 saturated heterocycles. The molecule has 0 aromatic heterocycles. The summed E-state index contributed by atoms with van der Waals surface area (Å²) in [6.45, 7) is 5.64. The second-order valence-electron chi connectivity index (χ2n) is 6.44. The number of carbonyl (C=O) groups excluding carboxylic acids is 1. The number of aromatic hydroxyl groups is 1. The van der Waals surface area contributed by atoms with Crippen LogP contribution in [0.3, 0.4) is 0 Å². The van der Waals surface area contributed by atoms with Gasteiger partial charge in [-0.3, -0.25) is 4.79 Å². The van der Waals surface area contributed by atoms with Gasteiger partial charge in [0.15, 0.2) is 0 Å². The Kier molecular flexibility index (Phi) is 4.28. The Morgan fingerprint density at radius 3 is 2.80 bits per heavy atom. The van der Waals surface area contributed by atoms with E-state index in [2.05, 4.69) is 0 Å². The highest BCUT2D eigenvalue weighted by molar-refractivity contribution is 6.32. The quantitative estimate of drug-likeness (QED) is 0.842. The number of benzene rings is 1. The lowest BCUT2D eigenvalue weighted by Crippen LogP contribution is -2.26. The molecular weight excluding hydrogens is 276 g/mol. The molecule has 1 atom stereocenters. The van der Waals surface area contributed by atoms with E-state index in [0.29, 0.717) is 11.4 Å². The van der Waals surface area contributed by atoms with Crippen molar-refractivity contribution >= 4 is 17.6 Å². The van der Waals surface area contributed by atoms with Gasteiger partial charge in [0.1, 0.15) is 11.4 Å². The van der Waals surface area contributed by atoms with Crippen LogP contribution in [0.25, 0.3) is 0 Å².